The molecule has 0 amide bonds. The fourth-order valence-electron chi connectivity index (χ4n) is 1.63. The first-order valence-corrected chi connectivity index (χ1v) is 6.28. The number of Topliss-reactive ketones (excluding diaryl/α,β-unsaturated/α-hetero) is 1. The molecule has 0 aromatic heterocycles. The monoisotopic (exact) mass is 281 g/mol. The lowest BCUT2D eigenvalue weighted by atomic mass is 10.00. The van der Waals surface area contributed by atoms with Crippen LogP contribution in [0.3, 0.4) is 0 Å². The van der Waals surface area contributed by atoms with E-state index in [0.717, 1.165) is 0 Å². The van der Waals surface area contributed by atoms with Crippen LogP contribution in [0.1, 0.15) is 23.2 Å². The van der Waals surface area contributed by atoms with E-state index in [1.165, 1.54) is 0 Å². The Morgan fingerprint density at radius 3 is 2.53 bits per heavy atom. The maximum Gasteiger partial charge on any atom is 0.303 e. The third kappa shape index (κ3) is 5.24. The maximum atomic E-state index is 12.2. The van der Waals surface area contributed by atoms with Crippen LogP contribution >= 0.6 is 11.6 Å². The summed E-state index contributed by atoms with van der Waals surface area (Å²) in [6.07, 6.45) is 1.81. The molecule has 0 radical (unpaired) electrons. The van der Waals surface area contributed by atoms with Crippen molar-refractivity contribution >= 4 is 23.4 Å². The third-order valence-corrected chi connectivity index (χ3v) is 2.85. The third-order valence-electron chi connectivity index (χ3n) is 2.60. The minimum atomic E-state index is -0.922. The minimum absolute atomic E-state index is 0.0614. The number of carboxylic acid groups (broad SMARTS) is 1. The predicted octanol–water partition coefficient (Wildman–Crippen LogP) is 2.53. The number of benzene rings is 1. The SMILES string of the molecule is C=CCNC(CCC(=O)O)C(=O)c1ccc(Cl)cc1. The van der Waals surface area contributed by atoms with Gasteiger partial charge in [0.25, 0.3) is 0 Å². The molecule has 19 heavy (non-hydrogen) atoms. The number of nitrogens with one attached hydrogen (secondary N) is 1. The van der Waals surface area contributed by atoms with Gasteiger partial charge in [-0.2, -0.15) is 0 Å². The smallest absolute Gasteiger partial charge is 0.303 e. The van der Waals surface area contributed by atoms with Gasteiger partial charge in [0, 0.05) is 23.6 Å². The van der Waals surface area contributed by atoms with Gasteiger partial charge in [-0.1, -0.05) is 17.7 Å². The molecule has 102 valence electrons. The second-order valence-electron chi connectivity index (χ2n) is 4.05. The summed E-state index contributed by atoms with van der Waals surface area (Å²) in [6.45, 7) is 4.01. The average molecular weight is 282 g/mol. The number of ketones is 1. The van der Waals surface area contributed by atoms with Crippen molar-refractivity contribution in [3.8, 4) is 0 Å². The molecule has 0 heterocycles. The Morgan fingerprint density at radius 1 is 1.37 bits per heavy atom. The van der Waals surface area contributed by atoms with Crippen molar-refractivity contribution in [1.29, 1.82) is 0 Å². The lowest BCUT2D eigenvalue weighted by Crippen LogP contribution is -2.37. The van der Waals surface area contributed by atoms with Crippen LogP contribution in [0.2, 0.25) is 5.02 Å². The number of halogens is 1. The number of aliphatic carboxylic acids is 1. The first-order chi connectivity index (χ1) is 9.04. The second-order valence-corrected chi connectivity index (χ2v) is 4.49. The van der Waals surface area contributed by atoms with Gasteiger partial charge in [-0.25, -0.2) is 0 Å². The molecular weight excluding hydrogens is 266 g/mol. The lowest BCUT2D eigenvalue weighted by Gasteiger charge is -2.16. The van der Waals surface area contributed by atoms with E-state index in [2.05, 4.69) is 11.9 Å². The largest absolute Gasteiger partial charge is 0.481 e. The van der Waals surface area contributed by atoms with Gasteiger partial charge < -0.3 is 10.4 Å². The van der Waals surface area contributed by atoms with Gasteiger partial charge in [0.1, 0.15) is 0 Å². The summed E-state index contributed by atoms with van der Waals surface area (Å²) in [7, 11) is 0. The minimum Gasteiger partial charge on any atom is -0.481 e. The number of carbonyl (C=O) groups excluding carboxylic acids is 1. The van der Waals surface area contributed by atoms with Gasteiger partial charge in [0.05, 0.1) is 6.04 Å². The molecular formula is C14H16ClNO3. The Hall–Kier alpha value is -1.65. The van der Waals surface area contributed by atoms with E-state index in [9.17, 15) is 9.59 Å². The predicted molar refractivity (Wildman–Crippen MR) is 74.6 cm³/mol. The van der Waals surface area contributed by atoms with Crippen molar-refractivity contribution in [3.05, 3.63) is 47.5 Å². The van der Waals surface area contributed by atoms with E-state index in [1.54, 1.807) is 30.3 Å². The normalized spacial score (nSPS) is 11.8. The summed E-state index contributed by atoms with van der Waals surface area (Å²) in [5.74, 6) is -1.06. The second kappa shape index (κ2) is 7.71. The van der Waals surface area contributed by atoms with Crippen molar-refractivity contribution in [2.75, 3.05) is 6.54 Å². The molecule has 0 aliphatic heterocycles. The van der Waals surface area contributed by atoms with E-state index < -0.39 is 12.0 Å². The number of hydrogen-bond acceptors (Lipinski definition) is 3. The molecule has 1 atom stereocenters. The molecule has 2 N–H and O–H groups in total. The summed E-state index contributed by atoms with van der Waals surface area (Å²) in [5.41, 5.74) is 0.511. The molecule has 0 fully saturated rings. The Bertz CT molecular complexity index is 456. The van der Waals surface area contributed by atoms with Crippen molar-refractivity contribution in [2.24, 2.45) is 0 Å². The van der Waals surface area contributed by atoms with Crippen LogP contribution in [0.4, 0.5) is 0 Å². The topological polar surface area (TPSA) is 66.4 Å². The van der Waals surface area contributed by atoms with Crippen LogP contribution in [-0.4, -0.2) is 29.4 Å². The van der Waals surface area contributed by atoms with Crippen LogP contribution in [0.25, 0.3) is 0 Å². The van der Waals surface area contributed by atoms with Crippen molar-refractivity contribution in [2.45, 2.75) is 18.9 Å². The van der Waals surface area contributed by atoms with Gasteiger partial charge in [-0.15, -0.1) is 6.58 Å². The zero-order chi connectivity index (χ0) is 14.3. The van der Waals surface area contributed by atoms with E-state index in [4.69, 9.17) is 16.7 Å². The quantitative estimate of drug-likeness (QED) is 0.568. The van der Waals surface area contributed by atoms with Crippen molar-refractivity contribution in [3.63, 3.8) is 0 Å². The van der Waals surface area contributed by atoms with E-state index >= 15 is 0 Å². The summed E-state index contributed by atoms with van der Waals surface area (Å²) in [6, 6.07) is 6.00. The molecule has 1 unspecified atom stereocenters. The lowest BCUT2D eigenvalue weighted by molar-refractivity contribution is -0.137. The van der Waals surface area contributed by atoms with Gasteiger partial charge in [-0.05, 0) is 30.7 Å². The molecule has 5 heteroatoms. The number of rotatable bonds is 8. The highest BCUT2D eigenvalue weighted by Gasteiger charge is 2.20. The maximum absolute atomic E-state index is 12.2. The highest BCUT2D eigenvalue weighted by Crippen LogP contribution is 2.13. The van der Waals surface area contributed by atoms with Crippen molar-refractivity contribution < 1.29 is 14.7 Å². The molecule has 0 aliphatic carbocycles. The van der Waals surface area contributed by atoms with Crippen LogP contribution in [0.15, 0.2) is 36.9 Å². The highest BCUT2D eigenvalue weighted by atomic mass is 35.5. The number of hydrogen-bond donors (Lipinski definition) is 2. The highest BCUT2D eigenvalue weighted by molar-refractivity contribution is 6.30. The van der Waals surface area contributed by atoms with Gasteiger partial charge in [-0.3, -0.25) is 9.59 Å². The van der Waals surface area contributed by atoms with Crippen LogP contribution < -0.4 is 5.32 Å². The molecule has 0 saturated carbocycles. The van der Waals surface area contributed by atoms with Crippen LogP contribution in [0.5, 0.6) is 0 Å². The Morgan fingerprint density at radius 2 is 2.00 bits per heavy atom. The first-order valence-electron chi connectivity index (χ1n) is 5.90. The molecule has 0 saturated heterocycles. The standard InChI is InChI=1S/C14H16ClNO3/c1-2-9-16-12(7-8-13(17)18)14(19)10-3-5-11(15)6-4-10/h2-6,12,16H,1,7-9H2,(H,17,18). The summed E-state index contributed by atoms with van der Waals surface area (Å²) in [4.78, 5) is 22.8. The summed E-state index contributed by atoms with van der Waals surface area (Å²) >= 11 is 5.76. The zero-order valence-electron chi connectivity index (χ0n) is 10.4. The fraction of sp³-hybridized carbons (Fsp3) is 0.286. The molecule has 1 aromatic rings. The zero-order valence-corrected chi connectivity index (χ0v) is 11.2. The average Bonchev–Trinajstić information content (AvgIpc) is 2.39. The van der Waals surface area contributed by atoms with Gasteiger partial charge >= 0.3 is 5.97 Å². The summed E-state index contributed by atoms with van der Waals surface area (Å²) < 4.78 is 0. The van der Waals surface area contributed by atoms with E-state index in [1.807, 2.05) is 0 Å². The fourth-order valence-corrected chi connectivity index (χ4v) is 1.76. The summed E-state index contributed by atoms with van der Waals surface area (Å²) in [5, 5.41) is 12.2. The Kier molecular flexibility index (Phi) is 6.25. The Balaban J connectivity index is 2.77. The van der Waals surface area contributed by atoms with Crippen LogP contribution in [0, 0.1) is 0 Å². The molecule has 0 bridgehead atoms. The molecule has 0 aliphatic rings. The van der Waals surface area contributed by atoms with Gasteiger partial charge in [0.15, 0.2) is 5.78 Å². The Labute approximate surface area is 117 Å². The number of carboxylic acids is 1. The van der Waals surface area contributed by atoms with E-state index in [0.29, 0.717) is 17.1 Å². The molecule has 4 nitrogen and oxygen atoms in total. The van der Waals surface area contributed by atoms with Crippen LogP contribution in [-0.2, 0) is 4.79 Å². The van der Waals surface area contributed by atoms with Crippen molar-refractivity contribution in [1.82, 2.24) is 5.32 Å². The molecule has 1 aromatic carbocycles. The van der Waals surface area contributed by atoms with Gasteiger partial charge in [0.2, 0.25) is 0 Å². The first kappa shape index (κ1) is 15.4. The van der Waals surface area contributed by atoms with E-state index in [-0.39, 0.29) is 18.6 Å². The molecule has 1 rings (SSSR count). The number of carbonyl (C=O) groups is 2. The molecule has 0 spiro atoms.